The van der Waals surface area contributed by atoms with Gasteiger partial charge in [0.25, 0.3) is 11.8 Å². The summed E-state index contributed by atoms with van der Waals surface area (Å²) in [4.78, 5) is 35.7. The van der Waals surface area contributed by atoms with E-state index in [2.05, 4.69) is 0 Å². The molecule has 100 valence electrons. The van der Waals surface area contributed by atoms with Crippen LogP contribution in [0, 0.1) is 0 Å². The first-order valence-corrected chi connectivity index (χ1v) is 6.33. The van der Waals surface area contributed by atoms with Crippen LogP contribution in [0.3, 0.4) is 0 Å². The third-order valence-corrected chi connectivity index (χ3v) is 3.13. The van der Waals surface area contributed by atoms with Crippen LogP contribution < -0.4 is 0 Å². The zero-order chi connectivity index (χ0) is 14.0. The number of hydrogen-bond acceptors (Lipinski definition) is 4. The number of halogens is 2. The number of imide groups is 1. The van der Waals surface area contributed by atoms with Gasteiger partial charge in [0.1, 0.15) is 6.10 Å². The fourth-order valence-electron chi connectivity index (χ4n) is 1.86. The summed E-state index contributed by atoms with van der Waals surface area (Å²) in [5.41, 5.74) is -0.363. The van der Waals surface area contributed by atoms with Crippen LogP contribution >= 0.6 is 23.2 Å². The molecule has 0 fully saturated rings. The summed E-state index contributed by atoms with van der Waals surface area (Å²) in [6, 6.07) is 6.48. The Kier molecular flexibility index (Phi) is 4.07. The molecule has 0 saturated carbocycles. The van der Waals surface area contributed by atoms with Gasteiger partial charge in [-0.05, 0) is 12.1 Å². The van der Waals surface area contributed by atoms with Crippen molar-refractivity contribution in [3.63, 3.8) is 0 Å². The van der Waals surface area contributed by atoms with E-state index in [0.717, 1.165) is 4.90 Å². The van der Waals surface area contributed by atoms with Gasteiger partial charge in [-0.25, -0.2) is 4.79 Å². The van der Waals surface area contributed by atoms with Crippen molar-refractivity contribution >= 4 is 40.4 Å². The molecule has 2 amide bonds. The van der Waals surface area contributed by atoms with Gasteiger partial charge in [0.15, 0.2) is 0 Å². The predicted octanol–water partition coefficient (Wildman–Crippen LogP) is 2.27. The Morgan fingerprint density at radius 3 is 2.16 bits per heavy atom. The molecule has 5 nitrogen and oxygen atoms in total. The lowest BCUT2D eigenvalue weighted by atomic mass is 10.1. The highest BCUT2D eigenvalue weighted by atomic mass is 35.5. The maximum atomic E-state index is 12.0. The first-order valence-electron chi connectivity index (χ1n) is 5.42. The summed E-state index contributed by atoms with van der Waals surface area (Å²) in [5, 5.41) is 0. The van der Waals surface area contributed by atoms with Gasteiger partial charge >= 0.3 is 5.43 Å². The topological polar surface area (TPSA) is 63.7 Å². The lowest BCUT2D eigenvalue weighted by Gasteiger charge is -2.19. The molecule has 0 N–H and O–H groups in total. The Labute approximate surface area is 119 Å². The van der Waals surface area contributed by atoms with E-state index in [1.165, 1.54) is 0 Å². The van der Waals surface area contributed by atoms with Crippen molar-refractivity contribution in [2.75, 3.05) is 12.4 Å². The van der Waals surface area contributed by atoms with Gasteiger partial charge in [0, 0.05) is 11.6 Å². The van der Waals surface area contributed by atoms with Crippen molar-refractivity contribution in [2.45, 2.75) is 6.10 Å². The molecule has 1 aromatic carbocycles. The second kappa shape index (κ2) is 5.59. The fourth-order valence-corrected chi connectivity index (χ4v) is 2.14. The molecule has 1 aliphatic rings. The van der Waals surface area contributed by atoms with Crippen LogP contribution in [0.2, 0.25) is 0 Å². The quantitative estimate of drug-likeness (QED) is 0.486. The number of carbonyl (C=O) groups is 3. The van der Waals surface area contributed by atoms with Crippen LogP contribution in [0.25, 0.3) is 0 Å². The Balaban J connectivity index is 2.17. The van der Waals surface area contributed by atoms with E-state index in [4.69, 9.17) is 27.9 Å². The number of rotatable bonds is 4. The van der Waals surface area contributed by atoms with Gasteiger partial charge < -0.3 is 4.74 Å². The Morgan fingerprint density at radius 2 is 1.74 bits per heavy atom. The molecule has 2 rings (SSSR count). The molecule has 0 bridgehead atoms. The molecule has 0 saturated heterocycles. The van der Waals surface area contributed by atoms with Crippen LogP contribution in [-0.4, -0.2) is 40.7 Å². The molecule has 0 aliphatic carbocycles. The summed E-state index contributed by atoms with van der Waals surface area (Å²) in [6.45, 7) is -0.117. The van der Waals surface area contributed by atoms with Crippen LogP contribution in [0.5, 0.6) is 0 Å². The average Bonchev–Trinajstić information content (AvgIpc) is 2.63. The zero-order valence-electron chi connectivity index (χ0n) is 9.64. The van der Waals surface area contributed by atoms with Gasteiger partial charge in [-0.3, -0.25) is 14.5 Å². The van der Waals surface area contributed by atoms with Gasteiger partial charge in [0.05, 0.1) is 23.6 Å². The van der Waals surface area contributed by atoms with E-state index >= 15 is 0 Å². The number of fused-ring (bicyclic) bond motifs is 1. The van der Waals surface area contributed by atoms with Gasteiger partial charge in [0.2, 0.25) is 0 Å². The number of carbonyl (C=O) groups excluding carboxylic acids is 3. The minimum absolute atomic E-state index is 0.0636. The maximum absolute atomic E-state index is 12.0. The van der Waals surface area contributed by atoms with Crippen LogP contribution in [-0.2, 0) is 4.74 Å². The first kappa shape index (κ1) is 13.8. The monoisotopic (exact) mass is 301 g/mol. The molecule has 1 heterocycles. The number of benzene rings is 1. The average molecular weight is 302 g/mol. The van der Waals surface area contributed by atoms with Crippen LogP contribution in [0.4, 0.5) is 4.79 Å². The largest absolute Gasteiger partial charge is 0.447 e. The van der Waals surface area contributed by atoms with Crippen molar-refractivity contribution in [2.24, 2.45) is 0 Å². The smallest absolute Gasteiger partial charge is 0.404 e. The summed E-state index contributed by atoms with van der Waals surface area (Å²) in [5.74, 6) is -0.922. The molecule has 1 atom stereocenters. The molecule has 0 spiro atoms. The lowest BCUT2D eigenvalue weighted by molar-refractivity contribution is 0.0543. The minimum Gasteiger partial charge on any atom is -0.447 e. The second-order valence-electron chi connectivity index (χ2n) is 3.90. The van der Waals surface area contributed by atoms with E-state index in [1.807, 2.05) is 0 Å². The van der Waals surface area contributed by atoms with Gasteiger partial charge in [-0.15, -0.1) is 11.6 Å². The summed E-state index contributed by atoms with van der Waals surface area (Å²) < 4.78 is 4.71. The van der Waals surface area contributed by atoms with E-state index in [0.29, 0.717) is 11.1 Å². The lowest BCUT2D eigenvalue weighted by Crippen LogP contribution is -2.39. The highest BCUT2D eigenvalue weighted by Crippen LogP contribution is 2.23. The number of nitrogens with zero attached hydrogens (tertiary/aromatic N) is 1. The Morgan fingerprint density at radius 1 is 1.21 bits per heavy atom. The van der Waals surface area contributed by atoms with Crippen molar-refractivity contribution in [3.8, 4) is 0 Å². The molecule has 0 aromatic heterocycles. The highest BCUT2D eigenvalue weighted by Gasteiger charge is 2.36. The third-order valence-electron chi connectivity index (χ3n) is 2.70. The molecular formula is C12H9Cl2NO4. The van der Waals surface area contributed by atoms with Crippen LogP contribution in [0.15, 0.2) is 24.3 Å². The Hall–Kier alpha value is -1.59. The van der Waals surface area contributed by atoms with E-state index in [1.54, 1.807) is 24.3 Å². The molecule has 0 unspecified atom stereocenters. The maximum Gasteiger partial charge on any atom is 0.404 e. The molecule has 19 heavy (non-hydrogen) atoms. The minimum atomic E-state index is -1.03. The van der Waals surface area contributed by atoms with Gasteiger partial charge in [-0.1, -0.05) is 12.1 Å². The fraction of sp³-hybridized carbons (Fsp3) is 0.250. The summed E-state index contributed by atoms with van der Waals surface area (Å²) in [6.07, 6.45) is -0.825. The standard InChI is InChI=1S/C12H9Cl2NO4/c13-5-7(19-12(14)18)6-15-10(16)8-3-1-2-4-9(8)11(15)17/h1-4,7H,5-6H2/t7-/m1/s1. The van der Waals surface area contributed by atoms with Gasteiger partial charge in [-0.2, -0.15) is 0 Å². The van der Waals surface area contributed by atoms with Crippen molar-refractivity contribution in [1.29, 1.82) is 0 Å². The second-order valence-corrected chi connectivity index (χ2v) is 4.52. The normalized spacial score (nSPS) is 15.4. The molecular weight excluding hydrogens is 293 g/mol. The highest BCUT2D eigenvalue weighted by molar-refractivity contribution is 6.61. The van der Waals surface area contributed by atoms with Crippen LogP contribution in [0.1, 0.15) is 20.7 Å². The predicted molar refractivity (Wildman–Crippen MR) is 68.7 cm³/mol. The first-order chi connectivity index (χ1) is 9.04. The van der Waals surface area contributed by atoms with E-state index in [9.17, 15) is 14.4 Å². The molecule has 7 heteroatoms. The van der Waals surface area contributed by atoms with E-state index < -0.39 is 23.3 Å². The number of hydrogen-bond donors (Lipinski definition) is 0. The number of ether oxygens (including phenoxy) is 1. The van der Waals surface area contributed by atoms with E-state index in [-0.39, 0.29) is 12.4 Å². The Bertz CT molecular complexity index is 511. The van der Waals surface area contributed by atoms with Crippen molar-refractivity contribution in [1.82, 2.24) is 4.90 Å². The molecule has 0 radical (unpaired) electrons. The molecule has 1 aromatic rings. The summed E-state index contributed by atoms with van der Waals surface area (Å²) >= 11 is 10.7. The summed E-state index contributed by atoms with van der Waals surface area (Å²) in [7, 11) is 0. The van der Waals surface area contributed by atoms with Crippen molar-refractivity contribution in [3.05, 3.63) is 35.4 Å². The molecule has 1 aliphatic heterocycles. The third kappa shape index (κ3) is 2.72. The SMILES string of the molecule is O=C(Cl)O[C@H](CCl)CN1C(=O)c2ccccc2C1=O. The van der Waals surface area contributed by atoms with Crippen molar-refractivity contribution < 1.29 is 19.1 Å². The number of amides is 2. The number of alkyl halides is 1. The zero-order valence-corrected chi connectivity index (χ0v) is 11.1.